The number of halogens is 3. The molecule has 88 valence electrons. The summed E-state index contributed by atoms with van der Waals surface area (Å²) in [7, 11) is 0. The van der Waals surface area contributed by atoms with Crippen LogP contribution in [0.4, 0.5) is 20.2 Å². The van der Waals surface area contributed by atoms with Gasteiger partial charge in [-0.3, -0.25) is 10.1 Å². The monoisotopic (exact) mass is 250 g/mol. The standard InChI is InChI=1S/C9H9ClF2N2O2/c1-5(9(11)12)13-8-3-2-6(14(15)16)4-7(8)10/h2-5,9,13H,1H3. The molecule has 0 bridgehead atoms. The number of anilines is 1. The molecular formula is C9H9ClF2N2O2. The molecule has 1 unspecified atom stereocenters. The number of nitro benzene ring substituents is 1. The minimum Gasteiger partial charge on any atom is -0.376 e. The summed E-state index contributed by atoms with van der Waals surface area (Å²) in [4.78, 5) is 9.80. The molecule has 4 nitrogen and oxygen atoms in total. The smallest absolute Gasteiger partial charge is 0.271 e. The van der Waals surface area contributed by atoms with Crippen LogP contribution in [-0.4, -0.2) is 17.4 Å². The predicted molar refractivity (Wildman–Crippen MR) is 57.2 cm³/mol. The van der Waals surface area contributed by atoms with E-state index in [-0.39, 0.29) is 16.4 Å². The van der Waals surface area contributed by atoms with Gasteiger partial charge in [0.15, 0.2) is 0 Å². The Morgan fingerprint density at radius 3 is 2.56 bits per heavy atom. The van der Waals surface area contributed by atoms with Crippen LogP contribution >= 0.6 is 11.6 Å². The van der Waals surface area contributed by atoms with Crippen molar-refractivity contribution in [1.29, 1.82) is 0 Å². The van der Waals surface area contributed by atoms with Gasteiger partial charge >= 0.3 is 0 Å². The van der Waals surface area contributed by atoms with Crippen molar-refractivity contribution in [2.75, 3.05) is 5.32 Å². The fourth-order valence-corrected chi connectivity index (χ4v) is 1.27. The molecule has 0 heterocycles. The van der Waals surface area contributed by atoms with Gasteiger partial charge in [-0.25, -0.2) is 8.78 Å². The van der Waals surface area contributed by atoms with Crippen molar-refractivity contribution >= 4 is 23.0 Å². The highest BCUT2D eigenvalue weighted by Gasteiger charge is 2.16. The number of hydrogen-bond donors (Lipinski definition) is 1. The Balaban J connectivity index is 2.87. The first-order valence-electron chi connectivity index (χ1n) is 4.40. The molecule has 0 spiro atoms. The molecule has 0 fully saturated rings. The van der Waals surface area contributed by atoms with Gasteiger partial charge in [-0.1, -0.05) is 11.6 Å². The molecule has 0 aromatic heterocycles. The van der Waals surface area contributed by atoms with Gasteiger partial charge in [-0.05, 0) is 13.0 Å². The van der Waals surface area contributed by atoms with E-state index in [1.54, 1.807) is 0 Å². The third-order valence-electron chi connectivity index (χ3n) is 1.92. The normalized spacial score (nSPS) is 12.6. The van der Waals surface area contributed by atoms with Crippen LogP contribution in [-0.2, 0) is 0 Å². The fourth-order valence-electron chi connectivity index (χ4n) is 1.04. The van der Waals surface area contributed by atoms with Crippen molar-refractivity contribution in [2.45, 2.75) is 19.4 Å². The van der Waals surface area contributed by atoms with Crippen molar-refractivity contribution < 1.29 is 13.7 Å². The van der Waals surface area contributed by atoms with E-state index >= 15 is 0 Å². The summed E-state index contributed by atoms with van der Waals surface area (Å²) in [6.07, 6.45) is -2.54. The zero-order valence-electron chi connectivity index (χ0n) is 8.28. The van der Waals surface area contributed by atoms with Gasteiger partial charge in [-0.2, -0.15) is 0 Å². The first-order chi connectivity index (χ1) is 7.41. The van der Waals surface area contributed by atoms with E-state index in [1.165, 1.54) is 19.1 Å². The summed E-state index contributed by atoms with van der Waals surface area (Å²) in [5.41, 5.74) is 0.0697. The van der Waals surface area contributed by atoms with Gasteiger partial charge in [-0.15, -0.1) is 0 Å². The molecule has 0 aliphatic heterocycles. The number of benzene rings is 1. The summed E-state index contributed by atoms with van der Waals surface area (Å²) in [6.45, 7) is 1.29. The van der Waals surface area contributed by atoms with Crippen molar-refractivity contribution in [1.82, 2.24) is 0 Å². The lowest BCUT2D eigenvalue weighted by atomic mass is 10.2. The van der Waals surface area contributed by atoms with Crippen molar-refractivity contribution in [3.05, 3.63) is 33.3 Å². The molecule has 1 aromatic rings. The minimum absolute atomic E-state index is 0.0432. The van der Waals surface area contributed by atoms with Crippen LogP contribution < -0.4 is 5.32 Å². The van der Waals surface area contributed by atoms with E-state index in [4.69, 9.17) is 11.6 Å². The molecule has 1 aromatic carbocycles. The summed E-state index contributed by atoms with van der Waals surface area (Å²) in [6, 6.07) is 2.55. The Morgan fingerprint density at radius 2 is 2.12 bits per heavy atom. The molecule has 0 aliphatic carbocycles. The summed E-state index contributed by atoms with van der Waals surface area (Å²) in [5.74, 6) is 0. The summed E-state index contributed by atoms with van der Waals surface area (Å²) >= 11 is 5.71. The maximum Gasteiger partial charge on any atom is 0.271 e. The fraction of sp³-hybridized carbons (Fsp3) is 0.333. The molecule has 0 saturated carbocycles. The molecule has 0 amide bonds. The molecule has 1 atom stereocenters. The number of nitrogens with one attached hydrogen (secondary N) is 1. The van der Waals surface area contributed by atoms with Gasteiger partial charge in [0.05, 0.1) is 21.7 Å². The second-order valence-corrected chi connectivity index (χ2v) is 3.60. The first kappa shape index (κ1) is 12.6. The molecular weight excluding hydrogens is 242 g/mol. The van der Waals surface area contributed by atoms with Crippen LogP contribution in [0.15, 0.2) is 18.2 Å². The summed E-state index contributed by atoms with van der Waals surface area (Å²) < 4.78 is 24.5. The third kappa shape index (κ3) is 3.03. The quantitative estimate of drug-likeness (QED) is 0.659. The Bertz CT molecular complexity index is 401. The zero-order valence-corrected chi connectivity index (χ0v) is 9.04. The predicted octanol–water partition coefficient (Wildman–Crippen LogP) is 3.31. The number of alkyl halides is 2. The third-order valence-corrected chi connectivity index (χ3v) is 2.24. The van der Waals surface area contributed by atoms with Crippen LogP contribution in [0.1, 0.15) is 6.92 Å². The maximum atomic E-state index is 12.2. The molecule has 0 aliphatic rings. The highest BCUT2D eigenvalue weighted by atomic mass is 35.5. The highest BCUT2D eigenvalue weighted by molar-refractivity contribution is 6.33. The minimum atomic E-state index is -2.54. The Morgan fingerprint density at radius 1 is 1.50 bits per heavy atom. The van der Waals surface area contributed by atoms with Gasteiger partial charge < -0.3 is 5.32 Å². The van der Waals surface area contributed by atoms with E-state index in [0.717, 1.165) is 6.07 Å². The van der Waals surface area contributed by atoms with Crippen molar-refractivity contribution in [3.8, 4) is 0 Å². The first-order valence-corrected chi connectivity index (χ1v) is 4.78. The van der Waals surface area contributed by atoms with Gasteiger partial charge in [0, 0.05) is 12.1 Å². The van der Waals surface area contributed by atoms with Crippen LogP contribution in [0, 0.1) is 10.1 Å². The SMILES string of the molecule is CC(Nc1ccc([N+](=O)[O-])cc1Cl)C(F)F. The molecule has 1 N–H and O–H groups in total. The maximum absolute atomic E-state index is 12.2. The van der Waals surface area contributed by atoms with Gasteiger partial charge in [0.1, 0.15) is 0 Å². The number of nitro groups is 1. The van der Waals surface area contributed by atoms with Crippen LogP contribution in [0.2, 0.25) is 5.02 Å². The van der Waals surface area contributed by atoms with Crippen LogP contribution in [0.3, 0.4) is 0 Å². The number of nitrogens with zero attached hydrogens (tertiary/aromatic N) is 1. The highest BCUT2D eigenvalue weighted by Crippen LogP contribution is 2.27. The number of non-ortho nitro benzene ring substituents is 1. The largest absolute Gasteiger partial charge is 0.376 e. The van der Waals surface area contributed by atoms with E-state index in [0.29, 0.717) is 0 Å². The van der Waals surface area contributed by atoms with E-state index in [2.05, 4.69) is 5.32 Å². The average molecular weight is 251 g/mol. The lowest BCUT2D eigenvalue weighted by molar-refractivity contribution is -0.384. The zero-order chi connectivity index (χ0) is 12.3. The Kier molecular flexibility index (Phi) is 4.00. The van der Waals surface area contributed by atoms with Crippen LogP contribution in [0.25, 0.3) is 0 Å². The average Bonchev–Trinajstić information content (AvgIpc) is 2.20. The molecule has 1 rings (SSSR count). The van der Waals surface area contributed by atoms with E-state index < -0.39 is 17.4 Å². The number of rotatable bonds is 4. The Hall–Kier alpha value is -1.43. The Labute approximate surface area is 95.4 Å². The van der Waals surface area contributed by atoms with Crippen molar-refractivity contribution in [3.63, 3.8) is 0 Å². The van der Waals surface area contributed by atoms with Crippen molar-refractivity contribution in [2.24, 2.45) is 0 Å². The molecule has 7 heteroatoms. The lowest BCUT2D eigenvalue weighted by Gasteiger charge is -2.14. The second-order valence-electron chi connectivity index (χ2n) is 3.19. The van der Waals surface area contributed by atoms with Gasteiger partial charge in [0.25, 0.3) is 12.1 Å². The molecule has 16 heavy (non-hydrogen) atoms. The number of hydrogen-bond acceptors (Lipinski definition) is 3. The molecule has 0 saturated heterocycles. The topological polar surface area (TPSA) is 55.2 Å². The molecule has 0 radical (unpaired) electrons. The lowest BCUT2D eigenvalue weighted by Crippen LogP contribution is -2.23. The summed E-state index contributed by atoms with van der Waals surface area (Å²) in [5, 5.41) is 12.9. The van der Waals surface area contributed by atoms with Gasteiger partial charge in [0.2, 0.25) is 0 Å². The van der Waals surface area contributed by atoms with Crippen LogP contribution in [0.5, 0.6) is 0 Å². The second kappa shape index (κ2) is 5.07. The van der Waals surface area contributed by atoms with E-state index in [9.17, 15) is 18.9 Å². The van der Waals surface area contributed by atoms with E-state index in [1.807, 2.05) is 0 Å².